The lowest BCUT2D eigenvalue weighted by Crippen LogP contribution is -1.87. The van der Waals surface area contributed by atoms with Gasteiger partial charge in [-0.1, -0.05) is 41.0 Å². The highest BCUT2D eigenvalue weighted by Crippen LogP contribution is 2.26. The highest BCUT2D eigenvalue weighted by atomic mass is 35.5. The van der Waals surface area contributed by atoms with Gasteiger partial charge in [-0.15, -0.1) is 0 Å². The Morgan fingerprint density at radius 1 is 1.21 bits per heavy atom. The molecule has 1 heterocycles. The van der Waals surface area contributed by atoms with Crippen LogP contribution in [0.25, 0.3) is 22.5 Å². The SMILES string of the molecule is Cc1ccccc1-c1noc(/C(Cl)=C/c2ccc([N+](=O)[O-])cc2)n1. The van der Waals surface area contributed by atoms with Gasteiger partial charge in [0.1, 0.15) is 5.03 Å². The highest BCUT2D eigenvalue weighted by molar-refractivity contribution is 6.50. The van der Waals surface area contributed by atoms with Gasteiger partial charge >= 0.3 is 0 Å². The Morgan fingerprint density at radius 3 is 2.58 bits per heavy atom. The molecule has 6 nitrogen and oxygen atoms in total. The van der Waals surface area contributed by atoms with Gasteiger partial charge in [0.15, 0.2) is 0 Å². The fourth-order valence-corrected chi connectivity index (χ4v) is 2.36. The van der Waals surface area contributed by atoms with E-state index in [-0.39, 0.29) is 16.6 Å². The van der Waals surface area contributed by atoms with Crippen LogP contribution < -0.4 is 0 Å². The molecule has 0 amide bonds. The lowest BCUT2D eigenvalue weighted by molar-refractivity contribution is -0.384. The Bertz CT molecular complexity index is 917. The molecule has 0 saturated heterocycles. The third-order valence-electron chi connectivity index (χ3n) is 3.41. The third-order valence-corrected chi connectivity index (χ3v) is 3.68. The molecule has 0 fully saturated rings. The summed E-state index contributed by atoms with van der Waals surface area (Å²) in [5.74, 6) is 0.645. The van der Waals surface area contributed by atoms with E-state index in [0.717, 1.165) is 11.1 Å². The molecule has 7 heteroatoms. The van der Waals surface area contributed by atoms with Crippen LogP contribution >= 0.6 is 11.6 Å². The molecule has 0 aliphatic carbocycles. The number of nitrogens with zero attached hydrogens (tertiary/aromatic N) is 3. The van der Waals surface area contributed by atoms with E-state index in [1.54, 1.807) is 18.2 Å². The van der Waals surface area contributed by atoms with Gasteiger partial charge in [0.05, 0.1) is 4.92 Å². The molecule has 0 unspecified atom stereocenters. The first-order valence-electron chi connectivity index (χ1n) is 7.06. The zero-order valence-corrected chi connectivity index (χ0v) is 13.4. The molecule has 0 aliphatic rings. The Hall–Kier alpha value is -2.99. The minimum absolute atomic E-state index is 0.0166. The zero-order valence-electron chi connectivity index (χ0n) is 12.6. The molecule has 3 rings (SSSR count). The molecular formula is C17H12ClN3O3. The standard InChI is InChI=1S/C17H12ClN3O3/c1-11-4-2-3-5-14(11)16-19-17(24-20-16)15(18)10-12-6-8-13(9-7-12)21(22)23/h2-10H,1H3/b15-10-. The number of non-ortho nitro benzene ring substituents is 1. The molecule has 0 N–H and O–H groups in total. The summed E-state index contributed by atoms with van der Waals surface area (Å²) < 4.78 is 5.20. The number of aromatic nitrogens is 2. The van der Waals surface area contributed by atoms with Crippen LogP contribution in [0.4, 0.5) is 5.69 Å². The number of hydrogen-bond acceptors (Lipinski definition) is 5. The van der Waals surface area contributed by atoms with Crippen molar-refractivity contribution in [3.05, 3.63) is 75.7 Å². The second-order valence-electron chi connectivity index (χ2n) is 5.08. The molecule has 0 saturated carbocycles. The molecule has 120 valence electrons. The van der Waals surface area contributed by atoms with Gasteiger partial charge in [0, 0.05) is 17.7 Å². The maximum atomic E-state index is 10.7. The average Bonchev–Trinajstić information content (AvgIpc) is 3.05. The molecule has 3 aromatic rings. The molecule has 0 bridgehead atoms. The summed E-state index contributed by atoms with van der Waals surface area (Å²) in [5.41, 5.74) is 2.61. The predicted octanol–water partition coefficient (Wildman–Crippen LogP) is 4.69. The number of nitro groups is 1. The van der Waals surface area contributed by atoms with Crippen molar-refractivity contribution < 1.29 is 9.45 Å². The first kappa shape index (κ1) is 15.9. The van der Waals surface area contributed by atoms with Crippen molar-refractivity contribution in [1.82, 2.24) is 10.1 Å². The van der Waals surface area contributed by atoms with Crippen LogP contribution in [0.3, 0.4) is 0 Å². The van der Waals surface area contributed by atoms with E-state index in [9.17, 15) is 10.1 Å². The summed E-state index contributed by atoms with van der Waals surface area (Å²) >= 11 is 6.21. The fraction of sp³-hybridized carbons (Fsp3) is 0.0588. The minimum Gasteiger partial charge on any atom is -0.333 e. The lowest BCUT2D eigenvalue weighted by Gasteiger charge is -1.98. The average molecular weight is 342 g/mol. The van der Waals surface area contributed by atoms with Crippen LogP contribution in [0.1, 0.15) is 17.0 Å². The van der Waals surface area contributed by atoms with Gasteiger partial charge in [-0.2, -0.15) is 4.98 Å². The maximum absolute atomic E-state index is 10.7. The molecule has 24 heavy (non-hydrogen) atoms. The van der Waals surface area contributed by atoms with Crippen molar-refractivity contribution in [2.45, 2.75) is 6.92 Å². The number of benzene rings is 2. The van der Waals surface area contributed by atoms with Crippen LogP contribution in [0.15, 0.2) is 53.1 Å². The van der Waals surface area contributed by atoms with Crippen LogP contribution in [-0.2, 0) is 0 Å². The van der Waals surface area contributed by atoms with E-state index in [0.29, 0.717) is 11.4 Å². The topological polar surface area (TPSA) is 82.1 Å². The predicted molar refractivity (Wildman–Crippen MR) is 91.3 cm³/mol. The third kappa shape index (κ3) is 3.33. The Morgan fingerprint density at radius 2 is 1.92 bits per heavy atom. The summed E-state index contributed by atoms with van der Waals surface area (Å²) in [6.45, 7) is 1.96. The van der Waals surface area contributed by atoms with E-state index in [1.165, 1.54) is 12.1 Å². The van der Waals surface area contributed by atoms with Gasteiger partial charge in [0.25, 0.3) is 11.6 Å². The number of rotatable bonds is 4. The highest BCUT2D eigenvalue weighted by Gasteiger charge is 2.13. The number of nitro benzene ring substituents is 1. The van der Waals surface area contributed by atoms with Gasteiger partial charge in [-0.3, -0.25) is 10.1 Å². The van der Waals surface area contributed by atoms with Gasteiger partial charge in [0.2, 0.25) is 5.82 Å². The summed E-state index contributed by atoms with van der Waals surface area (Å²) in [4.78, 5) is 14.5. The first-order valence-corrected chi connectivity index (χ1v) is 7.44. The zero-order chi connectivity index (χ0) is 17.1. The Kier molecular flexibility index (Phi) is 4.39. The Balaban J connectivity index is 1.86. The van der Waals surface area contributed by atoms with Gasteiger partial charge in [-0.25, -0.2) is 0 Å². The number of halogens is 1. The molecular weight excluding hydrogens is 330 g/mol. The molecule has 0 spiro atoms. The van der Waals surface area contributed by atoms with E-state index in [1.807, 2.05) is 31.2 Å². The summed E-state index contributed by atoms with van der Waals surface area (Å²) in [7, 11) is 0. The van der Waals surface area contributed by atoms with Crippen LogP contribution in [0, 0.1) is 17.0 Å². The quantitative estimate of drug-likeness (QED) is 0.508. The molecule has 1 aromatic heterocycles. The maximum Gasteiger partial charge on any atom is 0.269 e. The molecule has 0 atom stereocenters. The van der Waals surface area contributed by atoms with Crippen LogP contribution in [0.5, 0.6) is 0 Å². The summed E-state index contributed by atoms with van der Waals surface area (Å²) in [6.07, 6.45) is 1.61. The number of hydrogen-bond donors (Lipinski definition) is 0. The van der Waals surface area contributed by atoms with Crippen LogP contribution in [-0.4, -0.2) is 15.1 Å². The molecule has 0 aliphatic heterocycles. The van der Waals surface area contributed by atoms with Crippen molar-refractivity contribution in [3.63, 3.8) is 0 Å². The van der Waals surface area contributed by atoms with Crippen molar-refractivity contribution in [3.8, 4) is 11.4 Å². The second kappa shape index (κ2) is 6.64. The first-order chi connectivity index (χ1) is 11.5. The smallest absolute Gasteiger partial charge is 0.269 e. The van der Waals surface area contributed by atoms with Crippen LogP contribution in [0.2, 0.25) is 0 Å². The van der Waals surface area contributed by atoms with E-state index < -0.39 is 4.92 Å². The van der Waals surface area contributed by atoms with Crippen molar-refractivity contribution in [2.24, 2.45) is 0 Å². The monoisotopic (exact) mass is 341 g/mol. The summed E-state index contributed by atoms with van der Waals surface area (Å²) in [6, 6.07) is 13.7. The van der Waals surface area contributed by atoms with Crippen molar-refractivity contribution >= 4 is 28.4 Å². The fourth-order valence-electron chi connectivity index (χ4n) is 2.15. The van der Waals surface area contributed by atoms with Gasteiger partial charge < -0.3 is 4.52 Å². The lowest BCUT2D eigenvalue weighted by atomic mass is 10.1. The van der Waals surface area contributed by atoms with E-state index in [2.05, 4.69) is 10.1 Å². The molecule has 0 radical (unpaired) electrons. The van der Waals surface area contributed by atoms with E-state index in [4.69, 9.17) is 16.1 Å². The van der Waals surface area contributed by atoms with Crippen molar-refractivity contribution in [1.29, 1.82) is 0 Å². The number of aryl methyl sites for hydroxylation is 1. The largest absolute Gasteiger partial charge is 0.333 e. The normalized spacial score (nSPS) is 11.5. The second-order valence-corrected chi connectivity index (χ2v) is 5.49. The molecule has 2 aromatic carbocycles. The minimum atomic E-state index is -0.457. The summed E-state index contributed by atoms with van der Waals surface area (Å²) in [5, 5.41) is 14.9. The van der Waals surface area contributed by atoms with Gasteiger partial charge in [-0.05, 0) is 36.3 Å². The Labute approximate surface area is 142 Å². The van der Waals surface area contributed by atoms with E-state index >= 15 is 0 Å². The van der Waals surface area contributed by atoms with Crippen molar-refractivity contribution in [2.75, 3.05) is 0 Å².